The van der Waals surface area contributed by atoms with E-state index in [0.29, 0.717) is 41.8 Å². The molecule has 0 aliphatic rings. The molecular formula is C49H31ClF12N6O3. The number of alkyl halides is 11. The van der Waals surface area contributed by atoms with Gasteiger partial charge in [0.2, 0.25) is 0 Å². The van der Waals surface area contributed by atoms with E-state index in [4.69, 9.17) is 11.6 Å². The summed E-state index contributed by atoms with van der Waals surface area (Å²) in [6.45, 7) is -3.60. The molecule has 3 aromatic heterocycles. The van der Waals surface area contributed by atoms with Crippen LogP contribution in [0, 0.1) is 5.82 Å². The maximum atomic E-state index is 13.0. The molecule has 366 valence electrons. The number of halogens is 13. The predicted octanol–water partition coefficient (Wildman–Crippen LogP) is 12.4. The minimum absolute atomic E-state index is 0.00433. The molecule has 22 heteroatoms. The Hall–Kier alpha value is -7.81. The summed E-state index contributed by atoms with van der Waals surface area (Å²) in [5.74, 6) is -0.447. The molecule has 0 spiro atoms. The molecule has 0 atom stereocenters. The van der Waals surface area contributed by atoms with Gasteiger partial charge in [-0.1, -0.05) is 72.3 Å². The first-order chi connectivity index (χ1) is 33.5. The van der Waals surface area contributed by atoms with E-state index in [-0.39, 0.29) is 39.2 Å². The number of rotatable bonds is 7. The SMILES string of the molecule is O=c1c(-c2ccc(C(F)(F)F)cc2)nc2ccccc2n1CC(F)(F)F.O=c1c(-c2ccc(Cl)cc2)nc2ccccc2n1CC(F)(F)F.O=c1c(-c2ccc(F)cc2)nc2ccccc2n1CC(F)F. The van der Waals surface area contributed by atoms with E-state index in [1.807, 2.05) is 0 Å². The van der Waals surface area contributed by atoms with Crippen LogP contribution in [0.3, 0.4) is 0 Å². The van der Waals surface area contributed by atoms with E-state index in [1.165, 1.54) is 54.6 Å². The molecular weight excluding hydrogens is 984 g/mol. The largest absolute Gasteiger partial charge is 0.416 e. The fourth-order valence-corrected chi connectivity index (χ4v) is 7.29. The van der Waals surface area contributed by atoms with Crippen molar-refractivity contribution in [3.63, 3.8) is 0 Å². The summed E-state index contributed by atoms with van der Waals surface area (Å²) in [6.07, 6.45) is -16.4. The topological polar surface area (TPSA) is 105 Å². The fraction of sp³-hybridized carbons (Fsp3) is 0.143. The molecule has 0 aliphatic carbocycles. The summed E-state index contributed by atoms with van der Waals surface area (Å²) < 4.78 is 156. The zero-order valence-corrected chi connectivity index (χ0v) is 36.6. The third kappa shape index (κ3) is 12.3. The zero-order valence-electron chi connectivity index (χ0n) is 35.9. The van der Waals surface area contributed by atoms with Crippen LogP contribution in [0.1, 0.15) is 5.56 Å². The highest BCUT2D eigenvalue weighted by Gasteiger charge is 2.33. The van der Waals surface area contributed by atoms with Crippen molar-refractivity contribution in [1.82, 2.24) is 28.7 Å². The first-order valence-corrected chi connectivity index (χ1v) is 20.9. The Bertz CT molecular complexity index is 3540. The number of fused-ring (bicyclic) bond motifs is 3. The Labute approximate surface area is 396 Å². The molecule has 0 aliphatic heterocycles. The molecule has 0 unspecified atom stereocenters. The molecule has 9 nitrogen and oxygen atoms in total. The van der Waals surface area contributed by atoms with Crippen LogP contribution in [-0.4, -0.2) is 47.4 Å². The predicted molar refractivity (Wildman–Crippen MR) is 242 cm³/mol. The van der Waals surface area contributed by atoms with Gasteiger partial charge in [-0.25, -0.2) is 28.1 Å². The van der Waals surface area contributed by atoms with Gasteiger partial charge in [0, 0.05) is 21.7 Å². The number of aromatic nitrogens is 6. The smallest absolute Gasteiger partial charge is 0.299 e. The molecule has 0 amide bonds. The number of hydrogen-bond acceptors (Lipinski definition) is 6. The lowest BCUT2D eigenvalue weighted by Gasteiger charge is -2.14. The van der Waals surface area contributed by atoms with Crippen LogP contribution in [0.5, 0.6) is 0 Å². The monoisotopic (exact) mass is 1010 g/mol. The number of para-hydroxylation sites is 6. The van der Waals surface area contributed by atoms with Crippen molar-refractivity contribution in [2.75, 3.05) is 0 Å². The van der Waals surface area contributed by atoms with Crippen LogP contribution < -0.4 is 16.7 Å². The quantitative estimate of drug-likeness (QED) is 0.147. The second kappa shape index (κ2) is 20.6. The van der Waals surface area contributed by atoms with Crippen LogP contribution >= 0.6 is 11.6 Å². The van der Waals surface area contributed by atoms with Gasteiger partial charge in [-0.3, -0.25) is 28.1 Å². The van der Waals surface area contributed by atoms with Crippen LogP contribution in [0.4, 0.5) is 52.7 Å². The van der Waals surface area contributed by atoms with E-state index in [2.05, 4.69) is 15.0 Å². The normalized spacial score (nSPS) is 11.9. The highest BCUT2D eigenvalue weighted by atomic mass is 35.5. The average Bonchev–Trinajstić information content (AvgIpc) is 3.31. The van der Waals surface area contributed by atoms with E-state index in [1.54, 1.807) is 66.7 Å². The van der Waals surface area contributed by atoms with E-state index in [0.717, 1.165) is 28.8 Å². The standard InChI is InChI=1S/C17H10F6N2O.C16H10ClF3N2O.C16H11F3N2O/c18-16(19,20)9-25-13-4-2-1-3-12(13)24-14(15(25)26)10-5-7-11(8-6-10)17(21,22)23;17-11-7-5-10(6-8-11)14-15(23)22(9-16(18,19)20)13-4-2-1-3-12(13)21-14;17-11-7-5-10(6-8-11)15-16(22)21(9-14(18)19)13-4-2-1-3-12(13)20-15/h1-8H,9H2;1-8H,9H2;1-8,14H,9H2. The summed E-state index contributed by atoms with van der Waals surface area (Å²) in [7, 11) is 0. The minimum Gasteiger partial charge on any atom is -0.299 e. The van der Waals surface area contributed by atoms with Crippen LogP contribution in [0.2, 0.25) is 5.02 Å². The Morgan fingerprint density at radius 2 is 0.775 bits per heavy atom. The van der Waals surface area contributed by atoms with E-state index in [9.17, 15) is 67.1 Å². The van der Waals surface area contributed by atoms with Crippen molar-refractivity contribution in [3.05, 3.63) is 193 Å². The van der Waals surface area contributed by atoms with Gasteiger partial charge in [-0.05, 0) is 84.9 Å². The summed E-state index contributed by atoms with van der Waals surface area (Å²) in [5, 5.41) is 0.463. The molecule has 71 heavy (non-hydrogen) atoms. The van der Waals surface area contributed by atoms with Gasteiger partial charge < -0.3 is 0 Å². The molecule has 0 bridgehead atoms. The Balaban J connectivity index is 0.000000157. The highest BCUT2D eigenvalue weighted by molar-refractivity contribution is 6.30. The number of benzene rings is 6. The summed E-state index contributed by atoms with van der Waals surface area (Å²) in [5.41, 5.74) is -1.55. The first-order valence-electron chi connectivity index (χ1n) is 20.6. The van der Waals surface area contributed by atoms with Crippen molar-refractivity contribution in [2.45, 2.75) is 44.6 Å². The Morgan fingerprint density at radius 1 is 0.451 bits per heavy atom. The van der Waals surface area contributed by atoms with Crippen LogP contribution in [0.25, 0.3) is 66.9 Å². The van der Waals surface area contributed by atoms with Gasteiger partial charge in [-0.15, -0.1) is 0 Å². The molecule has 3 heterocycles. The highest BCUT2D eigenvalue weighted by Crippen LogP contribution is 2.31. The van der Waals surface area contributed by atoms with E-state index < -0.39 is 72.6 Å². The molecule has 0 saturated carbocycles. The van der Waals surface area contributed by atoms with Crippen molar-refractivity contribution in [2.24, 2.45) is 0 Å². The van der Waals surface area contributed by atoms with Gasteiger partial charge >= 0.3 is 18.5 Å². The molecule has 9 rings (SSSR count). The zero-order chi connectivity index (χ0) is 51.4. The second-order valence-electron chi connectivity index (χ2n) is 15.3. The Kier molecular flexibility index (Phi) is 14.8. The summed E-state index contributed by atoms with van der Waals surface area (Å²) in [6, 6.07) is 33.5. The summed E-state index contributed by atoms with van der Waals surface area (Å²) >= 11 is 5.80. The van der Waals surface area contributed by atoms with E-state index >= 15 is 0 Å². The molecule has 9 aromatic rings. The van der Waals surface area contributed by atoms with Crippen molar-refractivity contribution in [3.8, 4) is 33.8 Å². The maximum absolute atomic E-state index is 13.0. The van der Waals surface area contributed by atoms with Gasteiger partial charge in [-0.2, -0.15) is 39.5 Å². The van der Waals surface area contributed by atoms with Gasteiger partial charge in [0.25, 0.3) is 23.1 Å². The number of hydrogen-bond donors (Lipinski definition) is 0. The lowest BCUT2D eigenvalue weighted by molar-refractivity contribution is -0.141. The molecule has 6 aromatic carbocycles. The van der Waals surface area contributed by atoms with Crippen molar-refractivity contribution >= 4 is 44.7 Å². The van der Waals surface area contributed by atoms with Crippen LogP contribution in [0.15, 0.2) is 160 Å². The Morgan fingerprint density at radius 3 is 1.13 bits per heavy atom. The van der Waals surface area contributed by atoms with Gasteiger partial charge in [0.1, 0.15) is 36.0 Å². The lowest BCUT2D eigenvalue weighted by Crippen LogP contribution is -2.30. The third-order valence-electron chi connectivity index (χ3n) is 10.3. The minimum atomic E-state index is -4.65. The molecule has 0 saturated heterocycles. The fourth-order valence-electron chi connectivity index (χ4n) is 7.17. The lowest BCUT2D eigenvalue weighted by atomic mass is 10.1. The number of nitrogens with zero attached hydrogens (tertiary/aromatic N) is 6. The van der Waals surface area contributed by atoms with Crippen molar-refractivity contribution < 1.29 is 52.7 Å². The summed E-state index contributed by atoms with van der Waals surface area (Å²) in [4.78, 5) is 50.0. The van der Waals surface area contributed by atoms with Gasteiger partial charge in [0.15, 0.2) is 0 Å². The molecule has 0 fully saturated rings. The maximum Gasteiger partial charge on any atom is 0.416 e. The third-order valence-corrected chi connectivity index (χ3v) is 10.5. The van der Waals surface area contributed by atoms with Crippen LogP contribution in [-0.2, 0) is 25.8 Å². The van der Waals surface area contributed by atoms with Gasteiger partial charge in [0.05, 0.1) is 45.2 Å². The average molecular weight is 1020 g/mol. The molecule has 0 radical (unpaired) electrons. The van der Waals surface area contributed by atoms with Crippen molar-refractivity contribution in [1.29, 1.82) is 0 Å². The first kappa shape index (κ1) is 51.1. The second-order valence-corrected chi connectivity index (χ2v) is 15.7. The molecule has 0 N–H and O–H groups in total.